The number of para-hydroxylation sites is 1. The highest BCUT2D eigenvalue weighted by Crippen LogP contribution is 2.37. The minimum Gasteiger partial charge on any atom is -0.494 e. The minimum atomic E-state index is -3.52. The number of hydrogen-bond donors (Lipinski definition) is 3. The van der Waals surface area contributed by atoms with Crippen LogP contribution in [0.1, 0.15) is 37.8 Å². The van der Waals surface area contributed by atoms with Crippen LogP contribution in [0.3, 0.4) is 0 Å². The molecule has 1 unspecified atom stereocenters. The van der Waals surface area contributed by atoms with E-state index in [1.165, 1.54) is 17.3 Å². The van der Waals surface area contributed by atoms with Crippen molar-refractivity contribution in [1.82, 2.24) is 15.3 Å². The molecule has 4 rings (SSSR count). The largest absolute Gasteiger partial charge is 0.494 e. The van der Waals surface area contributed by atoms with Gasteiger partial charge >= 0.3 is 0 Å². The maximum absolute atomic E-state index is 12.9. The lowest BCUT2D eigenvalue weighted by Crippen LogP contribution is -2.33. The fourth-order valence-electron chi connectivity index (χ4n) is 4.73. The van der Waals surface area contributed by atoms with Crippen LogP contribution >= 0.6 is 11.6 Å². The Balaban J connectivity index is 1.59. The molecule has 0 aliphatic heterocycles. The van der Waals surface area contributed by atoms with Crippen LogP contribution in [-0.2, 0) is 27.4 Å². The average molecular weight is 574 g/mol. The predicted octanol–water partition coefficient (Wildman–Crippen LogP) is 5.29. The van der Waals surface area contributed by atoms with Gasteiger partial charge in [-0.1, -0.05) is 29.8 Å². The van der Waals surface area contributed by atoms with Crippen molar-refractivity contribution in [2.45, 2.75) is 55.7 Å². The maximum Gasteiger partial charge on any atom is 0.229 e. The summed E-state index contributed by atoms with van der Waals surface area (Å²) in [6, 6.07) is 11.2. The standard InChI is InChI=1S/C28H36ClN5O4S/c1-18(2)39(35,36)25-11-6-5-10-23(25)32-27-22(29)17-31-28(34-27)33-24-13-12-19-16-20(30-14-15-37-3)8-7-9-21(19)26(24)38-4/h5-6,10-13,17-18,20,30H,7-9,14-16H2,1-4H3,(H2,31,32,33,34). The first-order valence-corrected chi connectivity index (χ1v) is 15.0. The topological polar surface area (TPSA) is 114 Å². The number of anilines is 4. The van der Waals surface area contributed by atoms with Crippen molar-refractivity contribution >= 4 is 44.6 Å². The zero-order valence-electron chi connectivity index (χ0n) is 22.8. The van der Waals surface area contributed by atoms with E-state index < -0.39 is 15.1 Å². The molecule has 3 N–H and O–H groups in total. The SMILES string of the molecule is COCCNC1CCCc2c(ccc(Nc3ncc(Cl)c(Nc4ccccc4S(=O)(=O)C(C)C)n3)c2OC)C1. The van der Waals surface area contributed by atoms with Gasteiger partial charge in [0.25, 0.3) is 0 Å². The lowest BCUT2D eigenvalue weighted by atomic mass is 9.99. The van der Waals surface area contributed by atoms with Gasteiger partial charge in [-0.15, -0.1) is 0 Å². The second kappa shape index (κ2) is 13.0. The first-order valence-electron chi connectivity index (χ1n) is 13.0. The molecule has 9 nitrogen and oxygen atoms in total. The molecule has 1 aliphatic rings. The maximum atomic E-state index is 12.9. The Hall–Kier alpha value is -2.92. The van der Waals surface area contributed by atoms with E-state index in [1.807, 2.05) is 6.07 Å². The molecule has 0 fully saturated rings. The molecule has 0 spiro atoms. The van der Waals surface area contributed by atoms with Gasteiger partial charge in [0.1, 0.15) is 10.8 Å². The van der Waals surface area contributed by atoms with Crippen molar-refractivity contribution in [2.75, 3.05) is 38.0 Å². The van der Waals surface area contributed by atoms with E-state index in [0.717, 1.165) is 43.7 Å². The number of sulfone groups is 1. The fourth-order valence-corrected chi connectivity index (χ4v) is 6.07. The monoisotopic (exact) mass is 573 g/mol. The molecule has 1 atom stereocenters. The van der Waals surface area contributed by atoms with Gasteiger partial charge in [0.05, 0.1) is 41.4 Å². The highest BCUT2D eigenvalue weighted by atomic mass is 35.5. The molecule has 1 heterocycles. The van der Waals surface area contributed by atoms with E-state index in [4.69, 9.17) is 21.1 Å². The molecule has 2 aromatic carbocycles. The summed E-state index contributed by atoms with van der Waals surface area (Å²) < 4.78 is 36.8. The zero-order valence-corrected chi connectivity index (χ0v) is 24.3. The van der Waals surface area contributed by atoms with Crippen molar-refractivity contribution in [2.24, 2.45) is 0 Å². The number of rotatable bonds is 11. The Bertz CT molecular complexity index is 1400. The summed E-state index contributed by atoms with van der Waals surface area (Å²) in [5, 5.41) is 9.63. The number of nitrogens with zero attached hydrogens (tertiary/aromatic N) is 2. The van der Waals surface area contributed by atoms with Crippen molar-refractivity contribution in [1.29, 1.82) is 0 Å². The van der Waals surface area contributed by atoms with Crippen LogP contribution in [0.2, 0.25) is 5.02 Å². The van der Waals surface area contributed by atoms with Gasteiger partial charge in [-0.05, 0) is 68.9 Å². The van der Waals surface area contributed by atoms with Crippen molar-refractivity contribution in [3.05, 3.63) is 58.7 Å². The molecule has 11 heteroatoms. The van der Waals surface area contributed by atoms with Crippen molar-refractivity contribution < 1.29 is 17.9 Å². The summed E-state index contributed by atoms with van der Waals surface area (Å²) in [5.41, 5.74) is 3.58. The van der Waals surface area contributed by atoms with Gasteiger partial charge in [-0.2, -0.15) is 4.98 Å². The van der Waals surface area contributed by atoms with Crippen LogP contribution in [0.25, 0.3) is 0 Å². The molecular weight excluding hydrogens is 538 g/mol. The lowest BCUT2D eigenvalue weighted by Gasteiger charge is -2.19. The average Bonchev–Trinajstić information content (AvgIpc) is 3.13. The zero-order chi connectivity index (χ0) is 28.0. The summed E-state index contributed by atoms with van der Waals surface area (Å²) in [7, 11) is -0.143. The summed E-state index contributed by atoms with van der Waals surface area (Å²) >= 11 is 6.41. The number of fused-ring (bicyclic) bond motifs is 1. The van der Waals surface area contributed by atoms with Crippen LogP contribution in [0.5, 0.6) is 5.75 Å². The molecule has 210 valence electrons. The first kappa shape index (κ1) is 29.1. The Labute approximate surface area is 235 Å². The highest BCUT2D eigenvalue weighted by Gasteiger charge is 2.24. The fraction of sp³-hybridized carbons (Fsp3) is 0.429. The second-order valence-corrected chi connectivity index (χ2v) is 12.6. The number of methoxy groups -OCH3 is 2. The van der Waals surface area contributed by atoms with Crippen molar-refractivity contribution in [3.8, 4) is 5.75 Å². The van der Waals surface area contributed by atoms with Gasteiger partial charge in [0.2, 0.25) is 5.95 Å². The molecule has 1 aromatic heterocycles. The summed E-state index contributed by atoms with van der Waals surface area (Å²) in [6.45, 7) is 4.81. The number of hydrogen-bond acceptors (Lipinski definition) is 9. The van der Waals surface area contributed by atoms with Gasteiger partial charge in [-0.25, -0.2) is 13.4 Å². The Morgan fingerprint density at radius 3 is 2.64 bits per heavy atom. The Morgan fingerprint density at radius 1 is 1.10 bits per heavy atom. The van der Waals surface area contributed by atoms with Crippen LogP contribution in [-0.4, -0.2) is 57.0 Å². The van der Waals surface area contributed by atoms with Gasteiger partial charge in [-0.3, -0.25) is 0 Å². The molecular formula is C28H36ClN5O4S. The third kappa shape index (κ3) is 6.81. The molecule has 39 heavy (non-hydrogen) atoms. The molecule has 0 saturated carbocycles. The van der Waals surface area contributed by atoms with E-state index in [0.29, 0.717) is 30.1 Å². The Kier molecular flexibility index (Phi) is 9.66. The van der Waals surface area contributed by atoms with Crippen LogP contribution in [0, 0.1) is 0 Å². The normalized spacial score (nSPS) is 15.5. The van der Waals surface area contributed by atoms with E-state index in [2.05, 4.69) is 32.0 Å². The number of aromatic nitrogens is 2. The van der Waals surface area contributed by atoms with E-state index >= 15 is 0 Å². The molecule has 0 radical (unpaired) electrons. The molecule has 3 aromatic rings. The van der Waals surface area contributed by atoms with Crippen LogP contribution in [0.15, 0.2) is 47.5 Å². The summed E-state index contributed by atoms with van der Waals surface area (Å²) in [5.74, 6) is 1.36. The predicted molar refractivity (Wildman–Crippen MR) is 156 cm³/mol. The third-order valence-corrected chi connectivity index (χ3v) is 9.29. The Morgan fingerprint density at radius 2 is 1.90 bits per heavy atom. The molecule has 0 bridgehead atoms. The highest BCUT2D eigenvalue weighted by molar-refractivity contribution is 7.92. The molecule has 0 amide bonds. The molecule has 1 aliphatic carbocycles. The van der Waals surface area contributed by atoms with Gasteiger partial charge < -0.3 is 25.4 Å². The minimum absolute atomic E-state index is 0.187. The first-order chi connectivity index (χ1) is 18.7. The quantitative estimate of drug-likeness (QED) is 0.208. The third-order valence-electron chi connectivity index (χ3n) is 6.80. The number of ether oxygens (including phenoxy) is 2. The summed E-state index contributed by atoms with van der Waals surface area (Å²) in [4.78, 5) is 9.09. The lowest BCUT2D eigenvalue weighted by molar-refractivity contribution is 0.195. The van der Waals surface area contributed by atoms with Crippen LogP contribution in [0.4, 0.5) is 23.1 Å². The van der Waals surface area contributed by atoms with E-state index in [9.17, 15) is 8.42 Å². The van der Waals surface area contributed by atoms with E-state index in [1.54, 1.807) is 52.3 Å². The number of benzene rings is 2. The number of halogens is 1. The van der Waals surface area contributed by atoms with Crippen LogP contribution < -0.4 is 20.7 Å². The summed E-state index contributed by atoms with van der Waals surface area (Å²) in [6.07, 6.45) is 5.42. The van der Waals surface area contributed by atoms with Gasteiger partial charge in [0, 0.05) is 19.7 Å². The smallest absolute Gasteiger partial charge is 0.229 e. The second-order valence-electron chi connectivity index (χ2n) is 9.75. The van der Waals surface area contributed by atoms with Crippen molar-refractivity contribution in [3.63, 3.8) is 0 Å². The van der Waals surface area contributed by atoms with Gasteiger partial charge in [0.15, 0.2) is 15.7 Å². The van der Waals surface area contributed by atoms with E-state index in [-0.39, 0.29) is 9.92 Å². The molecule has 0 saturated heterocycles. The number of nitrogens with one attached hydrogen (secondary N) is 3.